The number of aromatic nitrogens is 3. The molecule has 0 spiro atoms. The Labute approximate surface area is 420 Å². The second-order valence-corrected chi connectivity index (χ2v) is 20.5. The van der Waals surface area contributed by atoms with Gasteiger partial charge in [-0.1, -0.05) is 188 Å². The molecule has 67 heavy (non-hydrogen) atoms. The van der Waals surface area contributed by atoms with Gasteiger partial charge in [-0.15, -0.1) is 29.3 Å². The molecule has 0 saturated carbocycles. The largest absolute Gasteiger partial charge is 0.507 e. The number of nitrogens with zero attached hydrogens (tertiary/aromatic N) is 3. The van der Waals surface area contributed by atoms with Crippen LogP contribution in [0.1, 0.15) is 98.4 Å². The van der Waals surface area contributed by atoms with Gasteiger partial charge in [0, 0.05) is 52.3 Å². The number of hydrogen-bond acceptors (Lipinski definition) is 3. The summed E-state index contributed by atoms with van der Waals surface area (Å²) in [6.07, 6.45) is 1.77. The first-order chi connectivity index (χ1) is 33.8. The van der Waals surface area contributed by atoms with Crippen molar-refractivity contribution in [2.75, 3.05) is 0 Å². The third-order valence-corrected chi connectivity index (χ3v) is 12.5. The van der Waals surface area contributed by atoms with Gasteiger partial charge in [0.05, 0.1) is 22.3 Å². The molecule has 9 rings (SSSR count). The molecule has 0 aliphatic heterocycles. The normalized spacial score (nSPS) is 13.7. The SMILES string of the molecule is [2H]C([2H])([2H])c1ccc(-c2ccnc(-c3[c-]c(-c4cccc5c4nc(-c4cc(C(C)(C)C)cc(C(C)(C)C)c4O)n5-c4cc(-c5ccccc5)c(C([2H])([2H])[2H])cc4-c4ccccc4)cc(C(C)(C)C)c3)c2)cc1.[Pt]. The Kier molecular flexibility index (Phi) is 10.7. The smallest absolute Gasteiger partial charge is 0.148 e. The molecule has 5 heteroatoms. The van der Waals surface area contributed by atoms with Crippen LogP contribution >= 0.6 is 0 Å². The number of hydrogen-bond donors (Lipinski definition) is 1. The summed E-state index contributed by atoms with van der Waals surface area (Å²) < 4.78 is 52.3. The Hall–Kier alpha value is -6.35. The molecule has 0 fully saturated rings. The van der Waals surface area contributed by atoms with Crippen molar-refractivity contribution >= 4 is 11.0 Å². The number of phenols is 1. The average molecular weight is 1060 g/mol. The summed E-state index contributed by atoms with van der Waals surface area (Å²) in [6, 6.07) is 52.5. The van der Waals surface area contributed by atoms with Crippen molar-refractivity contribution in [1.82, 2.24) is 14.5 Å². The van der Waals surface area contributed by atoms with Crippen LogP contribution in [0.4, 0.5) is 0 Å². The summed E-state index contributed by atoms with van der Waals surface area (Å²) in [6.45, 7) is 14.7. The summed E-state index contributed by atoms with van der Waals surface area (Å²) in [5.74, 6) is 0.621. The average Bonchev–Trinajstić information content (AvgIpc) is 3.72. The second-order valence-electron chi connectivity index (χ2n) is 20.5. The summed E-state index contributed by atoms with van der Waals surface area (Å²) >= 11 is 0. The van der Waals surface area contributed by atoms with Gasteiger partial charge in [0.1, 0.15) is 11.6 Å². The van der Waals surface area contributed by atoms with Crippen LogP contribution in [-0.4, -0.2) is 19.6 Å². The fourth-order valence-electron chi connectivity index (χ4n) is 8.74. The fraction of sp³-hybridized carbons (Fsp3) is 0.226. The molecule has 0 amide bonds. The van der Waals surface area contributed by atoms with Crippen molar-refractivity contribution in [3.05, 3.63) is 192 Å². The number of aryl methyl sites for hydroxylation is 2. The van der Waals surface area contributed by atoms with Crippen LogP contribution in [0.5, 0.6) is 5.75 Å². The van der Waals surface area contributed by atoms with E-state index in [0.29, 0.717) is 39.4 Å². The van der Waals surface area contributed by atoms with Crippen molar-refractivity contribution in [2.45, 2.75) is 92.3 Å². The molecule has 0 unspecified atom stereocenters. The Morgan fingerprint density at radius 3 is 1.81 bits per heavy atom. The number of imidazole rings is 1. The quantitative estimate of drug-likeness (QED) is 0.162. The predicted molar refractivity (Wildman–Crippen MR) is 278 cm³/mol. The van der Waals surface area contributed by atoms with E-state index < -0.39 is 19.1 Å². The molecular formula is C62H60N3OPt-. The van der Waals surface area contributed by atoms with Crippen LogP contribution < -0.4 is 0 Å². The van der Waals surface area contributed by atoms with Crippen LogP contribution in [0, 0.1) is 19.8 Å². The number of benzene rings is 7. The van der Waals surface area contributed by atoms with E-state index in [1.807, 2.05) is 103 Å². The van der Waals surface area contributed by atoms with Crippen LogP contribution in [0.3, 0.4) is 0 Å². The molecule has 0 aliphatic rings. The maximum atomic E-state index is 12.7. The predicted octanol–water partition coefficient (Wildman–Crippen LogP) is 16.4. The van der Waals surface area contributed by atoms with Gasteiger partial charge in [0.2, 0.25) is 0 Å². The van der Waals surface area contributed by atoms with Crippen molar-refractivity contribution < 1.29 is 34.4 Å². The topological polar surface area (TPSA) is 50.9 Å². The Morgan fingerprint density at radius 1 is 0.537 bits per heavy atom. The second kappa shape index (κ2) is 18.0. The Balaban J connectivity index is 0.00000711. The number of fused-ring (bicyclic) bond motifs is 1. The number of aromatic hydroxyl groups is 1. The first kappa shape index (κ1) is 39.8. The summed E-state index contributed by atoms with van der Waals surface area (Å²) in [7, 11) is 0. The standard InChI is InChI=1S/C62H60N3O.Pt/c1-39-25-27-41(28-26-39)44-29-30-63-54(35-44)46-32-45(33-47(34-46)60(3,4)5)49-23-18-24-55-57(49)64-59(52-36-48(61(6,7)8)37-53(58(52)66)62(9,10)11)65(55)56-38-50(42-19-14-12-15-20-42)40(2)31-51(56)43-21-16-13-17-22-43;/h12-31,33-38,66H,1-11H3;/q-1;/i1D3,2D3;. The third kappa shape index (κ3) is 9.34. The zero-order valence-corrected chi connectivity index (χ0v) is 41.9. The molecule has 2 aromatic heterocycles. The van der Waals surface area contributed by atoms with Crippen molar-refractivity contribution in [2.24, 2.45) is 0 Å². The van der Waals surface area contributed by atoms with E-state index in [1.165, 1.54) is 0 Å². The molecule has 1 N–H and O–H groups in total. The van der Waals surface area contributed by atoms with E-state index in [0.717, 1.165) is 61.2 Å². The van der Waals surface area contributed by atoms with Crippen LogP contribution in [0.2, 0.25) is 0 Å². The maximum absolute atomic E-state index is 12.7. The van der Waals surface area contributed by atoms with Gasteiger partial charge in [-0.25, -0.2) is 4.98 Å². The fourth-order valence-corrected chi connectivity index (χ4v) is 8.74. The molecule has 9 aromatic rings. The molecule has 0 saturated heterocycles. The van der Waals surface area contributed by atoms with Gasteiger partial charge in [-0.3, -0.25) is 9.55 Å². The molecule has 4 nitrogen and oxygen atoms in total. The summed E-state index contributed by atoms with van der Waals surface area (Å²) in [5, 5.41) is 12.7. The number of phenolic OH excluding ortho intramolecular Hbond substituents is 1. The molecule has 0 bridgehead atoms. The van der Waals surface area contributed by atoms with Crippen LogP contribution in [0.25, 0.3) is 83.9 Å². The van der Waals surface area contributed by atoms with E-state index in [2.05, 4.69) is 103 Å². The van der Waals surface area contributed by atoms with Crippen molar-refractivity contribution in [3.8, 4) is 78.6 Å². The van der Waals surface area contributed by atoms with E-state index in [4.69, 9.17) is 18.2 Å². The van der Waals surface area contributed by atoms with Crippen molar-refractivity contribution in [3.63, 3.8) is 0 Å². The molecular weight excluding hydrogens is 998 g/mol. The molecule has 0 aliphatic carbocycles. The number of para-hydroxylation sites is 1. The third-order valence-electron chi connectivity index (χ3n) is 12.5. The minimum Gasteiger partial charge on any atom is -0.507 e. The monoisotopic (exact) mass is 1060 g/mol. The first-order valence-corrected chi connectivity index (χ1v) is 22.6. The zero-order valence-electron chi connectivity index (χ0n) is 45.6. The van der Waals surface area contributed by atoms with E-state index in [-0.39, 0.29) is 48.8 Å². The molecule has 0 radical (unpaired) electrons. The summed E-state index contributed by atoms with van der Waals surface area (Å²) in [4.78, 5) is 10.5. The Bertz CT molecular complexity index is 3490. The van der Waals surface area contributed by atoms with E-state index in [9.17, 15) is 5.11 Å². The van der Waals surface area contributed by atoms with Gasteiger partial charge >= 0.3 is 0 Å². The Morgan fingerprint density at radius 2 is 1.18 bits per heavy atom. The van der Waals surface area contributed by atoms with Gasteiger partial charge < -0.3 is 5.11 Å². The minimum absolute atomic E-state index is 0. The van der Waals surface area contributed by atoms with E-state index >= 15 is 0 Å². The molecule has 7 aromatic carbocycles. The minimum atomic E-state index is -2.45. The molecule has 340 valence electrons. The van der Waals surface area contributed by atoms with Crippen LogP contribution in [-0.2, 0) is 37.3 Å². The molecule has 2 heterocycles. The molecule has 0 atom stereocenters. The van der Waals surface area contributed by atoms with Crippen LogP contribution in [0.15, 0.2) is 158 Å². The maximum Gasteiger partial charge on any atom is 0.148 e. The number of rotatable bonds is 7. The van der Waals surface area contributed by atoms with Gasteiger partial charge in [-0.05, 0) is 99.2 Å². The zero-order chi connectivity index (χ0) is 51.7. The van der Waals surface area contributed by atoms with Gasteiger partial charge in [0.15, 0.2) is 0 Å². The van der Waals surface area contributed by atoms with Gasteiger partial charge in [0.25, 0.3) is 0 Å². The number of pyridine rings is 1. The first-order valence-electron chi connectivity index (χ1n) is 25.6. The van der Waals surface area contributed by atoms with E-state index in [1.54, 1.807) is 24.4 Å². The van der Waals surface area contributed by atoms with Gasteiger partial charge in [-0.2, -0.15) is 0 Å². The summed E-state index contributed by atoms with van der Waals surface area (Å²) in [5.41, 5.74) is 12.7. The van der Waals surface area contributed by atoms with Crippen molar-refractivity contribution in [1.29, 1.82) is 0 Å².